The second-order valence-electron chi connectivity index (χ2n) is 4.09. The molecule has 0 aliphatic carbocycles. The summed E-state index contributed by atoms with van der Waals surface area (Å²) in [4.78, 5) is 3.80. The van der Waals surface area contributed by atoms with Gasteiger partial charge in [0, 0.05) is 44.8 Å². The molecule has 0 bridgehead atoms. The van der Waals surface area contributed by atoms with Crippen molar-refractivity contribution in [2.75, 3.05) is 7.05 Å². The van der Waals surface area contributed by atoms with Crippen LogP contribution in [0.4, 0.5) is 0 Å². The summed E-state index contributed by atoms with van der Waals surface area (Å²) < 4.78 is 27.5. The molecule has 0 spiro atoms. The van der Waals surface area contributed by atoms with Gasteiger partial charge < -0.3 is 0 Å². The molecule has 0 saturated carbocycles. The topological polar surface area (TPSA) is 68.1 Å². The molecular weight excluding hydrogens is 288 g/mol. The summed E-state index contributed by atoms with van der Waals surface area (Å²) in [7, 11) is -0.391. The Morgan fingerprint density at radius 2 is 2.16 bits per heavy atom. The van der Waals surface area contributed by atoms with Gasteiger partial charge in [-0.1, -0.05) is 11.6 Å². The van der Waals surface area contributed by atoms with Gasteiger partial charge in [-0.25, -0.2) is 8.42 Å². The summed E-state index contributed by atoms with van der Waals surface area (Å²) in [5.41, 5.74) is 0.800. The second-order valence-corrected chi connectivity index (χ2v) is 6.51. The molecule has 0 aromatic carbocycles. The van der Waals surface area contributed by atoms with Gasteiger partial charge in [0.25, 0.3) is 0 Å². The maximum absolute atomic E-state index is 12.3. The molecule has 2 aromatic rings. The number of rotatable bonds is 4. The van der Waals surface area contributed by atoms with Crippen molar-refractivity contribution in [3.63, 3.8) is 0 Å². The minimum absolute atomic E-state index is 0.00283. The number of halogens is 1. The Hall–Kier alpha value is -1.44. The third-order valence-electron chi connectivity index (χ3n) is 2.59. The molecule has 0 aliphatic rings. The molecule has 0 amide bonds. The molecule has 0 saturated heterocycles. The first-order valence-electron chi connectivity index (χ1n) is 5.44. The minimum Gasteiger partial charge on any atom is -0.275 e. The van der Waals surface area contributed by atoms with Gasteiger partial charge in [0.1, 0.15) is 4.90 Å². The van der Waals surface area contributed by atoms with Crippen LogP contribution in [-0.4, -0.2) is 34.5 Å². The molecule has 0 N–H and O–H groups in total. The van der Waals surface area contributed by atoms with Crippen molar-refractivity contribution in [3.05, 3.63) is 41.4 Å². The van der Waals surface area contributed by atoms with E-state index in [0.29, 0.717) is 0 Å². The lowest BCUT2D eigenvalue weighted by molar-refractivity contribution is 0.466. The van der Waals surface area contributed by atoms with Gasteiger partial charge in [-0.05, 0) is 6.07 Å². The lowest BCUT2D eigenvalue weighted by Crippen LogP contribution is -2.26. The number of nitrogens with zero attached hydrogens (tertiary/aromatic N) is 4. The van der Waals surface area contributed by atoms with E-state index in [1.54, 1.807) is 24.1 Å². The molecule has 19 heavy (non-hydrogen) atoms. The standard InChI is InChI=1S/C11H13ClN4O2S/c1-15-7-9(5-14-15)8-16(2)19(17,18)11-6-13-4-3-10(11)12/h3-7H,8H2,1-2H3. The monoisotopic (exact) mass is 300 g/mol. The van der Waals surface area contributed by atoms with E-state index in [4.69, 9.17) is 11.6 Å². The van der Waals surface area contributed by atoms with Crippen LogP contribution >= 0.6 is 11.6 Å². The Morgan fingerprint density at radius 3 is 2.74 bits per heavy atom. The first-order valence-corrected chi connectivity index (χ1v) is 7.26. The third kappa shape index (κ3) is 2.94. The van der Waals surface area contributed by atoms with Crippen molar-refractivity contribution in [3.8, 4) is 0 Å². The molecule has 0 radical (unpaired) electrons. The van der Waals surface area contributed by atoms with E-state index in [1.807, 2.05) is 0 Å². The molecule has 2 heterocycles. The molecule has 0 fully saturated rings. The van der Waals surface area contributed by atoms with Crippen molar-refractivity contribution >= 4 is 21.6 Å². The number of hydrogen-bond acceptors (Lipinski definition) is 4. The average molecular weight is 301 g/mol. The van der Waals surface area contributed by atoms with Crippen LogP contribution in [0.3, 0.4) is 0 Å². The molecule has 102 valence electrons. The van der Waals surface area contributed by atoms with Crippen LogP contribution in [0, 0.1) is 0 Å². The summed E-state index contributed by atoms with van der Waals surface area (Å²) in [6.07, 6.45) is 6.08. The molecule has 0 atom stereocenters. The van der Waals surface area contributed by atoms with E-state index in [-0.39, 0.29) is 16.5 Å². The maximum Gasteiger partial charge on any atom is 0.246 e. The van der Waals surface area contributed by atoms with Crippen LogP contribution in [0.2, 0.25) is 5.02 Å². The van der Waals surface area contributed by atoms with E-state index in [0.717, 1.165) is 5.56 Å². The SMILES string of the molecule is CN(Cc1cnn(C)c1)S(=O)(=O)c1cnccc1Cl. The van der Waals surface area contributed by atoms with Crippen LogP contribution in [-0.2, 0) is 23.6 Å². The summed E-state index contributed by atoms with van der Waals surface area (Å²) >= 11 is 5.90. The van der Waals surface area contributed by atoms with Crippen LogP contribution < -0.4 is 0 Å². The Labute approximate surface area is 116 Å². The largest absolute Gasteiger partial charge is 0.275 e. The van der Waals surface area contributed by atoms with Crippen molar-refractivity contribution in [2.45, 2.75) is 11.4 Å². The van der Waals surface area contributed by atoms with Gasteiger partial charge in [0.15, 0.2) is 0 Å². The van der Waals surface area contributed by atoms with Crippen molar-refractivity contribution in [2.24, 2.45) is 7.05 Å². The van der Waals surface area contributed by atoms with Gasteiger partial charge in [0.2, 0.25) is 10.0 Å². The number of hydrogen-bond donors (Lipinski definition) is 0. The van der Waals surface area contributed by atoms with Crippen LogP contribution in [0.5, 0.6) is 0 Å². The van der Waals surface area contributed by atoms with E-state index in [9.17, 15) is 8.42 Å². The van der Waals surface area contributed by atoms with Gasteiger partial charge >= 0.3 is 0 Å². The van der Waals surface area contributed by atoms with E-state index in [1.165, 1.54) is 29.8 Å². The number of aromatic nitrogens is 3. The lowest BCUT2D eigenvalue weighted by atomic mass is 10.4. The molecule has 8 heteroatoms. The number of pyridine rings is 1. The molecule has 0 unspecified atom stereocenters. The number of aryl methyl sites for hydroxylation is 1. The zero-order valence-corrected chi connectivity index (χ0v) is 12.1. The fraction of sp³-hybridized carbons (Fsp3) is 0.273. The average Bonchev–Trinajstić information content (AvgIpc) is 2.75. The highest BCUT2D eigenvalue weighted by molar-refractivity contribution is 7.89. The second kappa shape index (κ2) is 5.28. The summed E-state index contributed by atoms with van der Waals surface area (Å²) in [5.74, 6) is 0. The Kier molecular flexibility index (Phi) is 3.88. The van der Waals surface area contributed by atoms with Crippen LogP contribution in [0.25, 0.3) is 0 Å². The first kappa shape index (κ1) is 14.0. The zero-order valence-electron chi connectivity index (χ0n) is 10.5. The highest BCUT2D eigenvalue weighted by Gasteiger charge is 2.24. The predicted molar refractivity (Wildman–Crippen MR) is 71.1 cm³/mol. The van der Waals surface area contributed by atoms with E-state index >= 15 is 0 Å². The van der Waals surface area contributed by atoms with Gasteiger partial charge in [-0.15, -0.1) is 0 Å². The van der Waals surface area contributed by atoms with Crippen molar-refractivity contribution in [1.29, 1.82) is 0 Å². The highest BCUT2D eigenvalue weighted by atomic mass is 35.5. The Bertz CT molecular complexity index is 684. The lowest BCUT2D eigenvalue weighted by Gasteiger charge is -2.16. The maximum atomic E-state index is 12.3. The van der Waals surface area contributed by atoms with Crippen LogP contribution in [0.15, 0.2) is 35.7 Å². The summed E-state index contributed by atoms with van der Waals surface area (Å²) in [6.45, 7) is 0.224. The predicted octanol–water partition coefficient (Wildman–Crippen LogP) is 1.29. The molecule has 2 rings (SSSR count). The Morgan fingerprint density at radius 1 is 1.42 bits per heavy atom. The third-order valence-corrected chi connectivity index (χ3v) is 4.86. The fourth-order valence-corrected chi connectivity index (χ4v) is 3.18. The van der Waals surface area contributed by atoms with Crippen molar-refractivity contribution in [1.82, 2.24) is 19.1 Å². The number of sulfonamides is 1. The quantitative estimate of drug-likeness (QED) is 0.853. The molecular formula is C11H13ClN4O2S. The summed E-state index contributed by atoms with van der Waals surface area (Å²) in [6, 6.07) is 1.45. The van der Waals surface area contributed by atoms with Gasteiger partial charge in [0.05, 0.1) is 11.2 Å². The smallest absolute Gasteiger partial charge is 0.246 e. The van der Waals surface area contributed by atoms with E-state index in [2.05, 4.69) is 10.1 Å². The van der Waals surface area contributed by atoms with E-state index < -0.39 is 10.0 Å². The molecule has 0 aliphatic heterocycles. The Balaban J connectivity index is 2.27. The fourth-order valence-electron chi connectivity index (χ4n) is 1.62. The first-order chi connectivity index (χ1) is 8.91. The normalized spacial score (nSPS) is 12.0. The van der Waals surface area contributed by atoms with Crippen LogP contribution in [0.1, 0.15) is 5.56 Å². The molecule has 6 nitrogen and oxygen atoms in total. The summed E-state index contributed by atoms with van der Waals surface area (Å²) in [5, 5.41) is 4.16. The van der Waals surface area contributed by atoms with Gasteiger partial charge in [-0.2, -0.15) is 9.40 Å². The zero-order chi connectivity index (χ0) is 14.0. The highest BCUT2D eigenvalue weighted by Crippen LogP contribution is 2.23. The minimum atomic E-state index is -3.66. The molecule has 2 aromatic heterocycles. The van der Waals surface area contributed by atoms with Gasteiger partial charge in [-0.3, -0.25) is 9.67 Å². The van der Waals surface area contributed by atoms with Crippen molar-refractivity contribution < 1.29 is 8.42 Å².